The van der Waals surface area contributed by atoms with Gasteiger partial charge in [-0.2, -0.15) is 4.98 Å². The molecule has 1 aliphatic heterocycles. The largest absolute Gasteiger partial charge is 0.463 e. The van der Waals surface area contributed by atoms with Crippen LogP contribution in [-0.2, 0) is 4.74 Å². The van der Waals surface area contributed by atoms with Crippen LogP contribution in [0.2, 0.25) is 0 Å². The highest BCUT2D eigenvalue weighted by atomic mass is 16.5. The van der Waals surface area contributed by atoms with E-state index >= 15 is 0 Å². The normalized spacial score (nSPS) is 15.9. The summed E-state index contributed by atoms with van der Waals surface area (Å²) < 4.78 is 10.6. The Balaban J connectivity index is 1.95. The fraction of sp³-hybridized carbons (Fsp3) is 0.333. The molecule has 2 N–H and O–H groups in total. The quantitative estimate of drug-likeness (QED) is 0.856. The van der Waals surface area contributed by atoms with Crippen molar-refractivity contribution < 1.29 is 9.15 Å². The summed E-state index contributed by atoms with van der Waals surface area (Å²) in [5.41, 5.74) is 6.52. The van der Waals surface area contributed by atoms with Crippen LogP contribution in [0.4, 0.5) is 11.8 Å². The first-order valence-electron chi connectivity index (χ1n) is 5.84. The second kappa shape index (κ2) is 4.66. The Morgan fingerprint density at radius 1 is 1.22 bits per heavy atom. The minimum absolute atomic E-state index is 0.442. The van der Waals surface area contributed by atoms with Crippen LogP contribution in [-0.4, -0.2) is 36.3 Å². The molecule has 1 aliphatic rings. The van der Waals surface area contributed by atoms with E-state index < -0.39 is 0 Å². The molecule has 0 radical (unpaired) electrons. The predicted molar refractivity (Wildman–Crippen MR) is 67.2 cm³/mol. The van der Waals surface area contributed by atoms with Gasteiger partial charge in [0.25, 0.3) is 0 Å². The first kappa shape index (κ1) is 11.0. The Hall–Kier alpha value is -2.08. The van der Waals surface area contributed by atoms with Crippen molar-refractivity contribution in [3.05, 3.63) is 24.5 Å². The molecule has 0 atom stereocenters. The van der Waals surface area contributed by atoms with Crippen LogP contribution in [0.15, 0.2) is 28.9 Å². The number of aromatic nitrogens is 2. The lowest BCUT2D eigenvalue weighted by Crippen LogP contribution is -2.37. The molecular weight excluding hydrogens is 232 g/mol. The van der Waals surface area contributed by atoms with Crippen molar-refractivity contribution >= 4 is 11.8 Å². The third-order valence-electron chi connectivity index (χ3n) is 2.80. The maximum Gasteiger partial charge on any atom is 0.228 e. The zero-order chi connectivity index (χ0) is 12.4. The van der Waals surface area contributed by atoms with Crippen molar-refractivity contribution in [2.75, 3.05) is 36.9 Å². The summed E-state index contributed by atoms with van der Waals surface area (Å²) in [6.07, 6.45) is 1.61. The highest BCUT2D eigenvalue weighted by Gasteiger charge is 2.16. The lowest BCUT2D eigenvalue weighted by Gasteiger charge is -2.26. The van der Waals surface area contributed by atoms with E-state index in [1.807, 2.05) is 12.1 Å². The Morgan fingerprint density at radius 3 is 2.78 bits per heavy atom. The molecule has 18 heavy (non-hydrogen) atoms. The molecule has 2 aromatic heterocycles. The van der Waals surface area contributed by atoms with Crippen LogP contribution in [0, 0.1) is 0 Å². The summed E-state index contributed by atoms with van der Waals surface area (Å²) in [6.45, 7) is 2.94. The molecule has 6 nitrogen and oxygen atoms in total. The minimum Gasteiger partial charge on any atom is -0.463 e. The zero-order valence-corrected chi connectivity index (χ0v) is 9.87. The van der Waals surface area contributed by atoms with Gasteiger partial charge < -0.3 is 19.8 Å². The summed E-state index contributed by atoms with van der Waals surface area (Å²) in [5.74, 6) is 1.77. The fourth-order valence-electron chi connectivity index (χ4n) is 1.91. The predicted octanol–water partition coefficient (Wildman–Crippen LogP) is 1.16. The Morgan fingerprint density at radius 2 is 2.06 bits per heavy atom. The standard InChI is InChI=1S/C12H14N4O2/c13-11-8-9(10-2-1-5-18-10)14-12(15-11)16-3-6-17-7-4-16/h1-2,5,8H,3-4,6-7H2,(H2,13,14,15). The molecule has 0 spiro atoms. The topological polar surface area (TPSA) is 77.4 Å². The number of hydrogen-bond acceptors (Lipinski definition) is 6. The van der Waals surface area contributed by atoms with Crippen LogP contribution in [0.3, 0.4) is 0 Å². The molecule has 2 aromatic rings. The van der Waals surface area contributed by atoms with Gasteiger partial charge in [0.15, 0.2) is 5.76 Å². The molecule has 1 saturated heterocycles. The number of hydrogen-bond donors (Lipinski definition) is 1. The number of anilines is 2. The number of nitrogen functional groups attached to an aromatic ring is 1. The van der Waals surface area contributed by atoms with Gasteiger partial charge in [-0.3, -0.25) is 0 Å². The van der Waals surface area contributed by atoms with E-state index in [0.29, 0.717) is 36.4 Å². The van der Waals surface area contributed by atoms with Gasteiger partial charge in [-0.05, 0) is 12.1 Å². The monoisotopic (exact) mass is 246 g/mol. The molecule has 3 heterocycles. The molecule has 0 bridgehead atoms. The zero-order valence-electron chi connectivity index (χ0n) is 9.87. The highest BCUT2D eigenvalue weighted by molar-refractivity contribution is 5.58. The van der Waals surface area contributed by atoms with Crippen molar-refractivity contribution in [2.45, 2.75) is 0 Å². The van der Waals surface area contributed by atoms with Gasteiger partial charge >= 0.3 is 0 Å². The first-order chi connectivity index (χ1) is 8.83. The lowest BCUT2D eigenvalue weighted by molar-refractivity contribution is 0.122. The number of ether oxygens (including phenoxy) is 1. The average molecular weight is 246 g/mol. The molecule has 94 valence electrons. The smallest absolute Gasteiger partial charge is 0.228 e. The maximum atomic E-state index is 5.82. The van der Waals surface area contributed by atoms with E-state index in [1.165, 1.54) is 0 Å². The molecule has 1 fully saturated rings. The molecule has 6 heteroatoms. The van der Waals surface area contributed by atoms with Gasteiger partial charge in [0.05, 0.1) is 19.5 Å². The van der Waals surface area contributed by atoms with E-state index in [-0.39, 0.29) is 0 Å². The third kappa shape index (κ3) is 2.14. The fourth-order valence-corrected chi connectivity index (χ4v) is 1.91. The maximum absolute atomic E-state index is 5.82. The Labute approximate surface area is 104 Å². The first-order valence-corrected chi connectivity index (χ1v) is 5.84. The van der Waals surface area contributed by atoms with Crippen LogP contribution >= 0.6 is 0 Å². The van der Waals surface area contributed by atoms with E-state index in [9.17, 15) is 0 Å². The van der Waals surface area contributed by atoms with E-state index in [2.05, 4.69) is 14.9 Å². The van der Waals surface area contributed by atoms with Gasteiger partial charge in [0.1, 0.15) is 11.5 Å². The van der Waals surface area contributed by atoms with Crippen LogP contribution < -0.4 is 10.6 Å². The summed E-state index contributed by atoms with van der Waals surface area (Å²) in [6, 6.07) is 5.38. The summed E-state index contributed by atoms with van der Waals surface area (Å²) in [4.78, 5) is 10.8. The van der Waals surface area contributed by atoms with Crippen LogP contribution in [0.5, 0.6) is 0 Å². The second-order valence-electron chi connectivity index (χ2n) is 4.05. The van der Waals surface area contributed by atoms with Gasteiger partial charge in [-0.25, -0.2) is 4.98 Å². The van der Waals surface area contributed by atoms with Crippen LogP contribution in [0.25, 0.3) is 11.5 Å². The van der Waals surface area contributed by atoms with Gasteiger partial charge in [-0.15, -0.1) is 0 Å². The van der Waals surface area contributed by atoms with Gasteiger partial charge in [0.2, 0.25) is 5.95 Å². The summed E-state index contributed by atoms with van der Waals surface area (Å²) in [7, 11) is 0. The SMILES string of the molecule is Nc1cc(-c2ccco2)nc(N2CCOCC2)n1. The van der Waals surface area contributed by atoms with E-state index in [4.69, 9.17) is 14.9 Å². The summed E-state index contributed by atoms with van der Waals surface area (Å²) >= 11 is 0. The lowest BCUT2D eigenvalue weighted by atomic mass is 10.3. The van der Waals surface area contributed by atoms with Crippen molar-refractivity contribution in [3.63, 3.8) is 0 Å². The number of nitrogens with two attached hydrogens (primary N) is 1. The highest BCUT2D eigenvalue weighted by Crippen LogP contribution is 2.22. The number of rotatable bonds is 2. The molecule has 0 amide bonds. The molecule has 0 aliphatic carbocycles. The second-order valence-corrected chi connectivity index (χ2v) is 4.05. The average Bonchev–Trinajstić information content (AvgIpc) is 2.93. The number of nitrogens with zero attached hydrogens (tertiary/aromatic N) is 3. The third-order valence-corrected chi connectivity index (χ3v) is 2.80. The Kier molecular flexibility index (Phi) is 2.85. The van der Waals surface area contributed by atoms with Crippen molar-refractivity contribution in [2.24, 2.45) is 0 Å². The van der Waals surface area contributed by atoms with E-state index in [0.717, 1.165) is 13.1 Å². The van der Waals surface area contributed by atoms with Crippen LogP contribution in [0.1, 0.15) is 0 Å². The molecule has 3 rings (SSSR count). The van der Waals surface area contributed by atoms with Crippen molar-refractivity contribution in [1.29, 1.82) is 0 Å². The molecular formula is C12H14N4O2. The van der Waals surface area contributed by atoms with E-state index in [1.54, 1.807) is 12.3 Å². The number of furan rings is 1. The van der Waals surface area contributed by atoms with Gasteiger partial charge in [-0.1, -0.05) is 0 Å². The molecule has 0 unspecified atom stereocenters. The minimum atomic E-state index is 0.442. The number of morpholine rings is 1. The molecule has 0 saturated carbocycles. The van der Waals surface area contributed by atoms with Crippen molar-refractivity contribution in [1.82, 2.24) is 9.97 Å². The molecule has 0 aromatic carbocycles. The van der Waals surface area contributed by atoms with Crippen molar-refractivity contribution in [3.8, 4) is 11.5 Å². The summed E-state index contributed by atoms with van der Waals surface area (Å²) in [5, 5.41) is 0. The van der Waals surface area contributed by atoms with Gasteiger partial charge in [0, 0.05) is 19.2 Å². The Bertz CT molecular complexity index is 521.